The van der Waals surface area contributed by atoms with Crippen LogP contribution in [0.2, 0.25) is 0 Å². The highest BCUT2D eigenvalue weighted by molar-refractivity contribution is 5.79. The molecule has 1 amide bonds. The molecule has 5 nitrogen and oxygen atoms in total. The van der Waals surface area contributed by atoms with Crippen LogP contribution in [-0.4, -0.2) is 39.9 Å². The summed E-state index contributed by atoms with van der Waals surface area (Å²) in [7, 11) is 0. The summed E-state index contributed by atoms with van der Waals surface area (Å²) in [5.74, 6) is 1.09. The fourth-order valence-electron chi connectivity index (χ4n) is 3.29. The fraction of sp³-hybridized carbons (Fsp3) is 0.529. The second-order valence-electron chi connectivity index (χ2n) is 6.13. The number of H-pyrrole nitrogens is 1. The molecule has 3 N–H and O–H groups in total. The van der Waals surface area contributed by atoms with E-state index in [1.54, 1.807) is 0 Å². The van der Waals surface area contributed by atoms with Gasteiger partial charge in [0.05, 0.1) is 11.0 Å². The van der Waals surface area contributed by atoms with Crippen LogP contribution in [0.5, 0.6) is 0 Å². The molecule has 2 aromatic rings. The normalized spacial score (nSPS) is 18.8. The van der Waals surface area contributed by atoms with E-state index in [9.17, 15) is 4.79 Å². The number of nitrogens with zero attached hydrogens (tertiary/aromatic N) is 2. The van der Waals surface area contributed by atoms with E-state index in [0.29, 0.717) is 19.4 Å². The predicted molar refractivity (Wildman–Crippen MR) is 87.6 cm³/mol. The van der Waals surface area contributed by atoms with Crippen molar-refractivity contribution in [3.05, 3.63) is 29.6 Å². The molecule has 0 radical (unpaired) electrons. The first-order chi connectivity index (χ1) is 10.7. The fourth-order valence-corrected chi connectivity index (χ4v) is 3.29. The van der Waals surface area contributed by atoms with Crippen molar-refractivity contribution in [2.45, 2.75) is 45.1 Å². The number of imidazole rings is 1. The molecule has 0 bridgehead atoms. The van der Waals surface area contributed by atoms with Gasteiger partial charge in [-0.3, -0.25) is 4.79 Å². The smallest absolute Gasteiger partial charge is 0.223 e. The number of carbonyl (C=O) groups excluding carboxylic acids is 1. The van der Waals surface area contributed by atoms with E-state index in [4.69, 9.17) is 5.73 Å². The van der Waals surface area contributed by atoms with Crippen molar-refractivity contribution in [1.29, 1.82) is 0 Å². The number of hydrogen-bond acceptors (Lipinski definition) is 3. The zero-order chi connectivity index (χ0) is 15.5. The summed E-state index contributed by atoms with van der Waals surface area (Å²) in [5, 5.41) is 0. The summed E-state index contributed by atoms with van der Waals surface area (Å²) in [6.45, 7) is 3.47. The lowest BCUT2D eigenvalue weighted by atomic mass is 10.0. The number of piperidine rings is 1. The van der Waals surface area contributed by atoms with E-state index in [0.717, 1.165) is 41.8 Å². The molecule has 3 rings (SSSR count). The number of aromatic nitrogens is 2. The van der Waals surface area contributed by atoms with Crippen molar-refractivity contribution >= 4 is 16.9 Å². The molecular formula is C17H24N4O. The average Bonchev–Trinajstić information content (AvgIpc) is 2.97. The topological polar surface area (TPSA) is 75.0 Å². The third-order valence-electron chi connectivity index (χ3n) is 4.56. The van der Waals surface area contributed by atoms with E-state index >= 15 is 0 Å². The summed E-state index contributed by atoms with van der Waals surface area (Å²) < 4.78 is 0. The number of hydrogen-bond donors (Lipinski definition) is 2. The average molecular weight is 300 g/mol. The van der Waals surface area contributed by atoms with Gasteiger partial charge in [-0.2, -0.15) is 0 Å². The number of amides is 1. The molecule has 1 atom stereocenters. The van der Waals surface area contributed by atoms with Gasteiger partial charge in [0.2, 0.25) is 5.91 Å². The maximum atomic E-state index is 12.5. The van der Waals surface area contributed by atoms with Crippen molar-refractivity contribution in [2.75, 3.05) is 13.1 Å². The third kappa shape index (κ3) is 2.99. The van der Waals surface area contributed by atoms with Crippen LogP contribution in [0.15, 0.2) is 18.2 Å². The van der Waals surface area contributed by atoms with Gasteiger partial charge < -0.3 is 15.6 Å². The minimum Gasteiger partial charge on any atom is -0.342 e. The Morgan fingerprint density at radius 1 is 1.45 bits per heavy atom. The number of aryl methyl sites for hydroxylation is 2. The number of carbonyl (C=O) groups is 1. The first-order valence-corrected chi connectivity index (χ1v) is 8.13. The molecule has 1 fully saturated rings. The second kappa shape index (κ2) is 6.48. The largest absolute Gasteiger partial charge is 0.342 e. The number of benzene rings is 1. The van der Waals surface area contributed by atoms with Crippen molar-refractivity contribution in [3.63, 3.8) is 0 Å². The van der Waals surface area contributed by atoms with Crippen molar-refractivity contribution in [2.24, 2.45) is 5.73 Å². The Hall–Kier alpha value is -1.88. The molecule has 0 spiro atoms. The van der Waals surface area contributed by atoms with Crippen LogP contribution in [0.4, 0.5) is 0 Å². The molecule has 1 aliphatic rings. The van der Waals surface area contributed by atoms with Gasteiger partial charge in [0.25, 0.3) is 0 Å². The molecule has 1 saturated heterocycles. The van der Waals surface area contributed by atoms with Crippen molar-refractivity contribution < 1.29 is 4.79 Å². The number of nitrogens with two attached hydrogens (primary N) is 1. The van der Waals surface area contributed by atoms with Gasteiger partial charge in [0.15, 0.2) is 0 Å². The molecule has 22 heavy (non-hydrogen) atoms. The highest BCUT2D eigenvalue weighted by Gasteiger charge is 2.25. The Kier molecular flexibility index (Phi) is 4.43. The van der Waals surface area contributed by atoms with Crippen molar-refractivity contribution in [3.8, 4) is 0 Å². The molecule has 1 aromatic carbocycles. The van der Waals surface area contributed by atoms with Gasteiger partial charge in [-0.15, -0.1) is 0 Å². The van der Waals surface area contributed by atoms with E-state index in [1.165, 1.54) is 6.42 Å². The number of rotatable bonds is 4. The van der Waals surface area contributed by atoms with Gasteiger partial charge in [0.1, 0.15) is 5.82 Å². The van der Waals surface area contributed by atoms with Crippen LogP contribution < -0.4 is 5.73 Å². The Morgan fingerprint density at radius 2 is 2.32 bits per heavy atom. The van der Waals surface area contributed by atoms with Crippen molar-refractivity contribution in [1.82, 2.24) is 14.9 Å². The number of nitrogens with one attached hydrogen (secondary N) is 1. The lowest BCUT2D eigenvalue weighted by Crippen LogP contribution is -2.47. The molecule has 5 heteroatoms. The summed E-state index contributed by atoms with van der Waals surface area (Å²) in [6, 6.07) is 6.32. The van der Waals surface area contributed by atoms with Crippen LogP contribution in [0, 0.1) is 6.92 Å². The van der Waals surface area contributed by atoms with Crippen LogP contribution in [0.3, 0.4) is 0 Å². The van der Waals surface area contributed by atoms with Crippen LogP contribution in [-0.2, 0) is 11.2 Å². The van der Waals surface area contributed by atoms with E-state index in [-0.39, 0.29) is 11.9 Å². The summed E-state index contributed by atoms with van der Waals surface area (Å²) >= 11 is 0. The standard InChI is InChI=1S/C17H24N4O/c1-12-5-4-7-14-17(12)20-15(19-14)8-9-16(22)21-10-3-2-6-13(21)11-18/h4-5,7,13H,2-3,6,8-11,18H2,1H3,(H,19,20)/t13-/m1/s1. The minimum absolute atomic E-state index is 0.201. The number of fused-ring (bicyclic) bond motifs is 1. The Balaban J connectivity index is 1.65. The zero-order valence-corrected chi connectivity index (χ0v) is 13.1. The first kappa shape index (κ1) is 15.0. The van der Waals surface area contributed by atoms with Gasteiger partial charge in [-0.1, -0.05) is 12.1 Å². The summed E-state index contributed by atoms with van der Waals surface area (Å²) in [4.78, 5) is 22.4. The van der Waals surface area contributed by atoms with Gasteiger partial charge in [-0.05, 0) is 37.8 Å². The van der Waals surface area contributed by atoms with E-state index < -0.39 is 0 Å². The first-order valence-electron chi connectivity index (χ1n) is 8.13. The summed E-state index contributed by atoms with van der Waals surface area (Å²) in [6.07, 6.45) is 4.45. The van der Waals surface area contributed by atoms with E-state index in [2.05, 4.69) is 23.0 Å². The van der Waals surface area contributed by atoms with Gasteiger partial charge in [0, 0.05) is 32.0 Å². The maximum absolute atomic E-state index is 12.5. The molecule has 0 aliphatic carbocycles. The van der Waals surface area contributed by atoms with Crippen LogP contribution in [0.1, 0.15) is 37.1 Å². The lowest BCUT2D eigenvalue weighted by Gasteiger charge is -2.35. The zero-order valence-electron chi connectivity index (χ0n) is 13.1. The molecule has 2 heterocycles. The number of likely N-dealkylation sites (tertiary alicyclic amines) is 1. The molecule has 1 aliphatic heterocycles. The summed E-state index contributed by atoms with van der Waals surface area (Å²) in [5.41, 5.74) is 9.00. The molecule has 0 unspecified atom stereocenters. The number of para-hydroxylation sites is 1. The number of aromatic amines is 1. The predicted octanol–water partition coefficient (Wildman–Crippen LogP) is 2.14. The van der Waals surface area contributed by atoms with E-state index in [1.807, 2.05) is 17.0 Å². The second-order valence-corrected chi connectivity index (χ2v) is 6.13. The Morgan fingerprint density at radius 3 is 3.09 bits per heavy atom. The molecule has 118 valence electrons. The molecule has 1 aromatic heterocycles. The maximum Gasteiger partial charge on any atom is 0.223 e. The Labute approximate surface area is 130 Å². The van der Waals surface area contributed by atoms with Crippen LogP contribution >= 0.6 is 0 Å². The van der Waals surface area contributed by atoms with Gasteiger partial charge in [-0.25, -0.2) is 4.98 Å². The highest BCUT2D eigenvalue weighted by Crippen LogP contribution is 2.19. The van der Waals surface area contributed by atoms with Crippen LogP contribution in [0.25, 0.3) is 11.0 Å². The van der Waals surface area contributed by atoms with Gasteiger partial charge >= 0.3 is 0 Å². The SMILES string of the molecule is Cc1cccc2[nH]c(CCC(=O)N3CCCC[C@@H]3CN)nc12. The third-order valence-corrected chi connectivity index (χ3v) is 4.56. The molecule has 0 saturated carbocycles. The minimum atomic E-state index is 0.201. The Bertz CT molecular complexity index is 664. The highest BCUT2D eigenvalue weighted by atomic mass is 16.2. The lowest BCUT2D eigenvalue weighted by molar-refractivity contribution is -0.134. The monoisotopic (exact) mass is 300 g/mol. The quantitative estimate of drug-likeness (QED) is 0.908. The molecular weight excluding hydrogens is 276 g/mol.